The van der Waals surface area contributed by atoms with Crippen molar-refractivity contribution >= 4 is 40.6 Å². The van der Waals surface area contributed by atoms with Gasteiger partial charge in [0.25, 0.3) is 5.91 Å². The van der Waals surface area contributed by atoms with Crippen LogP contribution in [-0.2, 0) is 24.2 Å². The third-order valence-electron chi connectivity index (χ3n) is 5.65. The van der Waals surface area contributed by atoms with Crippen molar-refractivity contribution in [2.45, 2.75) is 46.3 Å². The standard InChI is InChI=1S/C24H28N4O3S.ClH/c1-15(2)28-16(3)12-19(26-28)22(29)25-23-21(24(30)31-4)18-10-11-27(14-20(18)32-23)13-17-8-6-5-7-9-17;/h5-9,12,15H,10-11,13-14H2,1-4H3,(H,25,29);1H. The van der Waals surface area contributed by atoms with Crippen molar-refractivity contribution in [2.24, 2.45) is 0 Å². The van der Waals surface area contributed by atoms with Crippen LogP contribution in [0, 0.1) is 6.92 Å². The number of hydrogen-bond donors (Lipinski definition) is 1. The molecule has 7 nitrogen and oxygen atoms in total. The van der Waals surface area contributed by atoms with Gasteiger partial charge in [-0.1, -0.05) is 30.3 Å². The molecule has 176 valence electrons. The van der Waals surface area contributed by atoms with Gasteiger partial charge in [0, 0.05) is 36.2 Å². The van der Waals surface area contributed by atoms with E-state index in [9.17, 15) is 9.59 Å². The van der Waals surface area contributed by atoms with Crippen LogP contribution in [-0.4, -0.2) is 40.2 Å². The van der Waals surface area contributed by atoms with Crippen molar-refractivity contribution < 1.29 is 14.3 Å². The van der Waals surface area contributed by atoms with E-state index in [4.69, 9.17) is 4.74 Å². The molecule has 3 heterocycles. The Hall–Kier alpha value is -2.68. The molecule has 0 radical (unpaired) electrons. The average molecular weight is 489 g/mol. The van der Waals surface area contributed by atoms with Crippen LogP contribution >= 0.6 is 23.7 Å². The highest BCUT2D eigenvalue weighted by Crippen LogP contribution is 2.38. The van der Waals surface area contributed by atoms with E-state index in [1.807, 2.05) is 43.7 Å². The van der Waals surface area contributed by atoms with Gasteiger partial charge in [0.1, 0.15) is 5.00 Å². The molecule has 1 aliphatic rings. The topological polar surface area (TPSA) is 76.5 Å². The number of fused-ring (bicyclic) bond motifs is 1. The van der Waals surface area contributed by atoms with Gasteiger partial charge in [0.2, 0.25) is 0 Å². The minimum Gasteiger partial charge on any atom is -0.465 e. The van der Waals surface area contributed by atoms with Gasteiger partial charge in [-0.05, 0) is 44.4 Å². The molecule has 0 aliphatic carbocycles. The van der Waals surface area contributed by atoms with Gasteiger partial charge in [0.15, 0.2) is 5.69 Å². The zero-order valence-electron chi connectivity index (χ0n) is 19.3. The monoisotopic (exact) mass is 488 g/mol. The van der Waals surface area contributed by atoms with Gasteiger partial charge in [-0.25, -0.2) is 4.79 Å². The number of carbonyl (C=O) groups excluding carboxylic acids is 2. The van der Waals surface area contributed by atoms with Crippen molar-refractivity contribution in [3.8, 4) is 0 Å². The molecule has 0 fully saturated rings. The molecule has 1 N–H and O–H groups in total. The molecule has 0 saturated heterocycles. The molecule has 0 spiro atoms. The molecule has 3 aromatic rings. The smallest absolute Gasteiger partial charge is 0.341 e. The second-order valence-electron chi connectivity index (χ2n) is 8.31. The quantitative estimate of drug-likeness (QED) is 0.502. The number of carbonyl (C=O) groups is 2. The Kier molecular flexibility index (Phi) is 7.94. The maximum Gasteiger partial charge on any atom is 0.341 e. The molecule has 33 heavy (non-hydrogen) atoms. The predicted octanol–water partition coefficient (Wildman–Crippen LogP) is 4.85. The predicted molar refractivity (Wildman–Crippen MR) is 132 cm³/mol. The Morgan fingerprint density at radius 1 is 1.24 bits per heavy atom. The van der Waals surface area contributed by atoms with E-state index in [0.717, 1.165) is 42.2 Å². The number of halogens is 1. The number of benzene rings is 1. The second-order valence-corrected chi connectivity index (χ2v) is 9.41. The molecule has 1 aromatic carbocycles. The first kappa shape index (κ1) is 25.0. The van der Waals surface area contributed by atoms with Crippen LogP contribution in [0.15, 0.2) is 36.4 Å². The van der Waals surface area contributed by atoms with E-state index in [2.05, 4.69) is 27.4 Å². The van der Waals surface area contributed by atoms with Gasteiger partial charge in [0.05, 0.1) is 12.7 Å². The van der Waals surface area contributed by atoms with Crippen LogP contribution < -0.4 is 5.32 Å². The van der Waals surface area contributed by atoms with Crippen LogP contribution in [0.4, 0.5) is 5.00 Å². The van der Waals surface area contributed by atoms with E-state index in [1.165, 1.54) is 24.0 Å². The number of nitrogens with one attached hydrogen (secondary N) is 1. The molecule has 0 atom stereocenters. The highest BCUT2D eigenvalue weighted by Gasteiger charge is 2.30. The lowest BCUT2D eigenvalue weighted by Gasteiger charge is -2.27. The van der Waals surface area contributed by atoms with Crippen molar-refractivity contribution in [2.75, 3.05) is 19.0 Å². The number of esters is 1. The minimum absolute atomic E-state index is 0. The summed E-state index contributed by atoms with van der Waals surface area (Å²) in [4.78, 5) is 29.0. The Balaban J connectivity index is 0.00000306. The number of aromatic nitrogens is 2. The van der Waals surface area contributed by atoms with Crippen LogP contribution in [0.1, 0.15) is 62.4 Å². The Labute approximate surface area is 204 Å². The van der Waals surface area contributed by atoms with Crippen LogP contribution in [0.25, 0.3) is 0 Å². The van der Waals surface area contributed by atoms with Gasteiger partial charge in [-0.2, -0.15) is 5.10 Å². The number of amides is 1. The van der Waals surface area contributed by atoms with Gasteiger partial charge in [-0.3, -0.25) is 14.4 Å². The maximum absolute atomic E-state index is 12.9. The van der Waals surface area contributed by atoms with Crippen molar-refractivity contribution in [3.63, 3.8) is 0 Å². The maximum atomic E-state index is 12.9. The number of rotatable bonds is 6. The summed E-state index contributed by atoms with van der Waals surface area (Å²) in [6.07, 6.45) is 0.736. The molecule has 1 aliphatic heterocycles. The fraction of sp³-hybridized carbons (Fsp3) is 0.375. The molecule has 1 amide bonds. The molecule has 0 bridgehead atoms. The summed E-state index contributed by atoms with van der Waals surface area (Å²) >= 11 is 1.45. The zero-order valence-corrected chi connectivity index (χ0v) is 20.9. The summed E-state index contributed by atoms with van der Waals surface area (Å²) in [6, 6.07) is 12.3. The van der Waals surface area contributed by atoms with Crippen LogP contribution in [0.2, 0.25) is 0 Å². The normalized spacial score (nSPS) is 13.4. The summed E-state index contributed by atoms with van der Waals surface area (Å²) in [5.41, 5.74) is 3.96. The molecular weight excluding hydrogens is 460 g/mol. The number of aryl methyl sites for hydroxylation is 1. The average Bonchev–Trinajstić information content (AvgIpc) is 3.34. The number of thiophene rings is 1. The third kappa shape index (κ3) is 5.29. The summed E-state index contributed by atoms with van der Waals surface area (Å²) in [5, 5.41) is 7.89. The molecule has 0 unspecified atom stereocenters. The fourth-order valence-corrected chi connectivity index (χ4v) is 5.40. The number of hydrogen-bond acceptors (Lipinski definition) is 6. The summed E-state index contributed by atoms with van der Waals surface area (Å²) in [5.74, 6) is -0.740. The molecule has 2 aromatic heterocycles. The first-order valence-corrected chi connectivity index (χ1v) is 11.6. The van der Waals surface area contributed by atoms with E-state index < -0.39 is 5.97 Å². The molecule has 4 rings (SSSR count). The lowest BCUT2D eigenvalue weighted by Crippen LogP contribution is -2.29. The number of methoxy groups -OCH3 is 1. The highest BCUT2D eigenvalue weighted by molar-refractivity contribution is 7.17. The molecular formula is C24H29ClN4O3S. The van der Waals surface area contributed by atoms with E-state index in [0.29, 0.717) is 16.3 Å². The van der Waals surface area contributed by atoms with Gasteiger partial charge >= 0.3 is 5.97 Å². The minimum atomic E-state index is -0.418. The SMILES string of the molecule is COC(=O)c1c(NC(=O)c2cc(C)n(C(C)C)n2)sc2c1CCN(Cc1ccccc1)C2.Cl. The summed E-state index contributed by atoms with van der Waals surface area (Å²) in [7, 11) is 1.37. The first-order valence-electron chi connectivity index (χ1n) is 10.7. The van der Waals surface area contributed by atoms with E-state index in [1.54, 1.807) is 6.07 Å². The molecule has 9 heteroatoms. The highest BCUT2D eigenvalue weighted by atomic mass is 35.5. The van der Waals surface area contributed by atoms with Crippen LogP contribution in [0.5, 0.6) is 0 Å². The summed E-state index contributed by atoms with van der Waals surface area (Å²) < 4.78 is 6.87. The van der Waals surface area contributed by atoms with Gasteiger partial charge < -0.3 is 10.1 Å². The number of anilines is 1. The Bertz CT molecular complexity index is 1140. The van der Waals surface area contributed by atoms with Gasteiger partial charge in [-0.15, -0.1) is 23.7 Å². The lowest BCUT2D eigenvalue weighted by molar-refractivity contribution is 0.0600. The lowest BCUT2D eigenvalue weighted by atomic mass is 10.0. The number of ether oxygens (including phenoxy) is 1. The largest absolute Gasteiger partial charge is 0.465 e. The zero-order chi connectivity index (χ0) is 22.8. The van der Waals surface area contributed by atoms with Crippen molar-refractivity contribution in [1.82, 2.24) is 14.7 Å². The second kappa shape index (κ2) is 10.5. The van der Waals surface area contributed by atoms with Crippen molar-refractivity contribution in [1.29, 1.82) is 0 Å². The fourth-order valence-electron chi connectivity index (χ4n) is 4.13. The molecule has 0 saturated carbocycles. The van der Waals surface area contributed by atoms with E-state index >= 15 is 0 Å². The van der Waals surface area contributed by atoms with Crippen molar-refractivity contribution in [3.05, 3.63) is 69.4 Å². The van der Waals surface area contributed by atoms with E-state index in [-0.39, 0.29) is 24.4 Å². The first-order chi connectivity index (χ1) is 15.4. The van der Waals surface area contributed by atoms with Crippen LogP contribution in [0.3, 0.4) is 0 Å². The Morgan fingerprint density at radius 3 is 2.61 bits per heavy atom. The third-order valence-corrected chi connectivity index (χ3v) is 6.78. The summed E-state index contributed by atoms with van der Waals surface area (Å²) in [6.45, 7) is 8.38. The Morgan fingerprint density at radius 2 is 1.97 bits per heavy atom. The number of nitrogens with zero attached hydrogens (tertiary/aromatic N) is 3.